The van der Waals surface area contributed by atoms with Gasteiger partial charge in [0.25, 0.3) is 0 Å². The molecular weight excluding hydrogens is 362 g/mol. The molecule has 2 aromatic rings. The Kier molecular flexibility index (Phi) is 7.43. The highest BCUT2D eigenvalue weighted by molar-refractivity contribution is 5.43. The molecule has 29 heavy (non-hydrogen) atoms. The van der Waals surface area contributed by atoms with E-state index >= 15 is 0 Å². The predicted octanol–water partition coefficient (Wildman–Crippen LogP) is 5.38. The van der Waals surface area contributed by atoms with E-state index in [1.165, 1.54) is 30.4 Å². The van der Waals surface area contributed by atoms with Crippen LogP contribution in [0.25, 0.3) is 0 Å². The van der Waals surface area contributed by atoms with Gasteiger partial charge in [0.2, 0.25) is 0 Å². The Hall–Kier alpha value is -2.20. The maximum absolute atomic E-state index is 10.3. The van der Waals surface area contributed by atoms with E-state index in [0.29, 0.717) is 5.75 Å². The SMILES string of the molecule is CCCc1cc(OC)ccc1[C@H](Cc1ccc(OC)c(O)c1)N(C)CC1CCC1. The molecule has 0 saturated heterocycles. The number of aryl methyl sites for hydroxylation is 1. The molecule has 0 bridgehead atoms. The number of nitrogens with zero attached hydrogens (tertiary/aromatic N) is 1. The van der Waals surface area contributed by atoms with Gasteiger partial charge in [-0.3, -0.25) is 4.90 Å². The fourth-order valence-corrected chi connectivity index (χ4v) is 4.32. The van der Waals surface area contributed by atoms with E-state index in [9.17, 15) is 5.11 Å². The summed E-state index contributed by atoms with van der Waals surface area (Å²) in [6, 6.07) is 12.5. The zero-order valence-electron chi connectivity index (χ0n) is 18.3. The summed E-state index contributed by atoms with van der Waals surface area (Å²) in [6.07, 6.45) is 7.02. The Labute approximate surface area is 175 Å². The number of methoxy groups -OCH3 is 2. The first kappa shape index (κ1) is 21.5. The van der Waals surface area contributed by atoms with E-state index < -0.39 is 0 Å². The van der Waals surface area contributed by atoms with Gasteiger partial charge < -0.3 is 14.6 Å². The zero-order valence-corrected chi connectivity index (χ0v) is 18.3. The number of rotatable bonds is 10. The average molecular weight is 398 g/mol. The predicted molar refractivity (Wildman–Crippen MR) is 118 cm³/mol. The molecule has 2 aromatic carbocycles. The molecule has 0 spiro atoms. The third kappa shape index (κ3) is 5.24. The van der Waals surface area contributed by atoms with E-state index in [1.54, 1.807) is 14.2 Å². The summed E-state index contributed by atoms with van der Waals surface area (Å²) in [5.74, 6) is 2.44. The van der Waals surface area contributed by atoms with Crippen molar-refractivity contribution in [2.24, 2.45) is 5.92 Å². The van der Waals surface area contributed by atoms with Crippen LogP contribution in [0.5, 0.6) is 17.2 Å². The first-order valence-electron chi connectivity index (χ1n) is 10.8. The van der Waals surface area contributed by atoms with E-state index in [4.69, 9.17) is 9.47 Å². The summed E-state index contributed by atoms with van der Waals surface area (Å²) >= 11 is 0. The number of hydrogen-bond donors (Lipinski definition) is 1. The van der Waals surface area contributed by atoms with Gasteiger partial charge in [0.15, 0.2) is 11.5 Å². The van der Waals surface area contributed by atoms with Crippen molar-refractivity contribution in [3.8, 4) is 17.2 Å². The van der Waals surface area contributed by atoms with Crippen molar-refractivity contribution in [3.05, 3.63) is 53.1 Å². The minimum atomic E-state index is 0.203. The van der Waals surface area contributed by atoms with Crippen LogP contribution in [0.2, 0.25) is 0 Å². The number of aromatic hydroxyl groups is 1. The summed E-state index contributed by atoms with van der Waals surface area (Å²) in [5, 5.41) is 10.3. The van der Waals surface area contributed by atoms with Crippen LogP contribution in [0.4, 0.5) is 0 Å². The summed E-state index contributed by atoms with van der Waals surface area (Å²) in [6.45, 7) is 3.34. The van der Waals surface area contributed by atoms with Crippen LogP contribution in [0.3, 0.4) is 0 Å². The highest BCUT2D eigenvalue weighted by Gasteiger charge is 2.26. The number of likely N-dealkylation sites (N-methyl/N-ethyl adjacent to an activating group) is 1. The summed E-state index contributed by atoms with van der Waals surface area (Å²) < 4.78 is 10.7. The van der Waals surface area contributed by atoms with Gasteiger partial charge in [-0.05, 0) is 79.6 Å². The summed E-state index contributed by atoms with van der Waals surface area (Å²) in [5.41, 5.74) is 3.84. The molecule has 1 atom stereocenters. The Bertz CT molecular complexity index is 801. The van der Waals surface area contributed by atoms with Crippen molar-refractivity contribution in [3.63, 3.8) is 0 Å². The first-order chi connectivity index (χ1) is 14.0. The second-order valence-electron chi connectivity index (χ2n) is 8.28. The standard InChI is InChI=1S/C25H35NO3/c1-5-7-20-16-21(28-3)11-12-22(20)23(26(2)17-18-8-6-9-18)14-19-10-13-25(29-4)24(27)15-19/h10-13,15-16,18,23,27H,5-9,14,17H2,1-4H3/t23-/m0/s1. The average Bonchev–Trinajstić information content (AvgIpc) is 2.69. The molecule has 158 valence electrons. The van der Waals surface area contributed by atoms with Crippen LogP contribution in [0, 0.1) is 5.92 Å². The van der Waals surface area contributed by atoms with Gasteiger partial charge in [0.05, 0.1) is 14.2 Å². The maximum Gasteiger partial charge on any atom is 0.160 e. The minimum absolute atomic E-state index is 0.203. The van der Waals surface area contributed by atoms with Crippen LogP contribution in [0.1, 0.15) is 55.3 Å². The molecule has 0 aromatic heterocycles. The molecule has 0 heterocycles. The van der Waals surface area contributed by atoms with Crippen LogP contribution in [-0.2, 0) is 12.8 Å². The smallest absolute Gasteiger partial charge is 0.160 e. The van der Waals surface area contributed by atoms with Crippen LogP contribution in [0.15, 0.2) is 36.4 Å². The highest BCUT2D eigenvalue weighted by atomic mass is 16.5. The number of phenolic OH excluding ortho intramolecular Hbond substituents is 1. The lowest BCUT2D eigenvalue weighted by atomic mass is 9.84. The van der Waals surface area contributed by atoms with Crippen LogP contribution >= 0.6 is 0 Å². The molecule has 1 saturated carbocycles. The van der Waals surface area contributed by atoms with Gasteiger partial charge in [-0.15, -0.1) is 0 Å². The minimum Gasteiger partial charge on any atom is -0.504 e. The molecule has 0 aliphatic heterocycles. The molecule has 4 nitrogen and oxygen atoms in total. The monoisotopic (exact) mass is 397 g/mol. The Balaban J connectivity index is 1.93. The van der Waals surface area contributed by atoms with E-state index in [2.05, 4.69) is 43.1 Å². The zero-order chi connectivity index (χ0) is 20.8. The fraction of sp³-hybridized carbons (Fsp3) is 0.520. The Morgan fingerprint density at radius 2 is 1.90 bits per heavy atom. The van der Waals surface area contributed by atoms with Crippen molar-refractivity contribution >= 4 is 0 Å². The first-order valence-corrected chi connectivity index (χ1v) is 10.8. The second kappa shape index (κ2) is 10.0. The normalized spacial score (nSPS) is 15.2. The van der Waals surface area contributed by atoms with Crippen molar-refractivity contribution in [2.45, 2.75) is 51.5 Å². The largest absolute Gasteiger partial charge is 0.504 e. The lowest BCUT2D eigenvalue weighted by Crippen LogP contribution is -2.34. The molecule has 4 heteroatoms. The molecular formula is C25H35NO3. The van der Waals surface area contributed by atoms with Gasteiger partial charge in [0, 0.05) is 12.6 Å². The summed E-state index contributed by atoms with van der Waals surface area (Å²) in [7, 11) is 5.55. The summed E-state index contributed by atoms with van der Waals surface area (Å²) in [4.78, 5) is 2.51. The number of benzene rings is 2. The fourth-order valence-electron chi connectivity index (χ4n) is 4.32. The van der Waals surface area contributed by atoms with Crippen LogP contribution < -0.4 is 9.47 Å². The van der Waals surface area contributed by atoms with Crippen molar-refractivity contribution < 1.29 is 14.6 Å². The van der Waals surface area contributed by atoms with Crippen LogP contribution in [-0.4, -0.2) is 37.8 Å². The Morgan fingerprint density at radius 1 is 1.10 bits per heavy atom. The van der Waals surface area contributed by atoms with Gasteiger partial charge in [-0.1, -0.05) is 31.9 Å². The van der Waals surface area contributed by atoms with Gasteiger partial charge in [-0.25, -0.2) is 0 Å². The topological polar surface area (TPSA) is 41.9 Å². The van der Waals surface area contributed by atoms with E-state index in [0.717, 1.165) is 43.0 Å². The van der Waals surface area contributed by atoms with Gasteiger partial charge in [-0.2, -0.15) is 0 Å². The van der Waals surface area contributed by atoms with Crippen molar-refractivity contribution in [2.75, 3.05) is 27.8 Å². The molecule has 1 aliphatic carbocycles. The third-order valence-electron chi connectivity index (χ3n) is 6.20. The quantitative estimate of drug-likeness (QED) is 0.585. The van der Waals surface area contributed by atoms with Crippen molar-refractivity contribution in [1.29, 1.82) is 0 Å². The molecule has 1 fully saturated rings. The maximum atomic E-state index is 10.3. The number of ether oxygens (including phenoxy) is 2. The van der Waals surface area contributed by atoms with E-state index in [1.807, 2.05) is 12.1 Å². The molecule has 3 rings (SSSR count). The number of hydrogen-bond acceptors (Lipinski definition) is 4. The lowest BCUT2D eigenvalue weighted by Gasteiger charge is -2.36. The third-order valence-corrected chi connectivity index (χ3v) is 6.20. The van der Waals surface area contributed by atoms with E-state index in [-0.39, 0.29) is 11.8 Å². The molecule has 1 aliphatic rings. The highest BCUT2D eigenvalue weighted by Crippen LogP contribution is 2.35. The van der Waals surface area contributed by atoms with Crippen molar-refractivity contribution in [1.82, 2.24) is 4.90 Å². The van der Waals surface area contributed by atoms with Gasteiger partial charge in [0.1, 0.15) is 5.75 Å². The molecule has 1 N–H and O–H groups in total. The lowest BCUT2D eigenvalue weighted by molar-refractivity contribution is 0.160. The number of phenols is 1. The molecule has 0 radical (unpaired) electrons. The Morgan fingerprint density at radius 3 is 2.48 bits per heavy atom. The second-order valence-corrected chi connectivity index (χ2v) is 8.28. The molecule has 0 unspecified atom stereocenters. The van der Waals surface area contributed by atoms with Gasteiger partial charge >= 0.3 is 0 Å². The molecule has 0 amide bonds.